The minimum absolute atomic E-state index is 0.0223. The predicted octanol–water partition coefficient (Wildman–Crippen LogP) is 0.765. The Kier molecular flexibility index (Phi) is 4.41. The number of nitrogens with one attached hydrogen (secondary N) is 2. The summed E-state index contributed by atoms with van der Waals surface area (Å²) in [6, 6.07) is 5.65. The number of carbonyl (C=O) groups excluding carboxylic acids is 1. The molecule has 2 aromatic rings. The van der Waals surface area contributed by atoms with Crippen molar-refractivity contribution in [2.45, 2.75) is 13.8 Å². The van der Waals surface area contributed by atoms with E-state index in [0.29, 0.717) is 6.54 Å². The maximum atomic E-state index is 12.0. The number of nitrogens with zero attached hydrogens (tertiary/aromatic N) is 4. The molecule has 0 spiro atoms. The molecule has 20 heavy (non-hydrogen) atoms. The maximum absolute atomic E-state index is 12.0. The van der Waals surface area contributed by atoms with Crippen LogP contribution in [0.25, 0.3) is 5.69 Å². The second kappa shape index (κ2) is 6.25. The highest BCUT2D eigenvalue weighted by molar-refractivity contribution is 5.92. The van der Waals surface area contributed by atoms with Gasteiger partial charge in [0.05, 0.1) is 5.69 Å². The zero-order valence-electron chi connectivity index (χ0n) is 11.8. The molecule has 1 heterocycles. The molecule has 106 valence electrons. The number of hydrogen-bond acceptors (Lipinski definition) is 5. The fraction of sp³-hybridized carbons (Fsp3) is 0.385. The Balaban J connectivity index is 2.18. The van der Waals surface area contributed by atoms with Gasteiger partial charge in [-0.15, -0.1) is 5.10 Å². The highest BCUT2D eigenvalue weighted by atomic mass is 16.1. The van der Waals surface area contributed by atoms with Gasteiger partial charge in [-0.25, -0.2) is 4.68 Å². The molecule has 0 fully saturated rings. The van der Waals surface area contributed by atoms with Gasteiger partial charge in [0.1, 0.15) is 6.33 Å². The van der Waals surface area contributed by atoms with Crippen LogP contribution in [0.2, 0.25) is 0 Å². The van der Waals surface area contributed by atoms with Crippen molar-refractivity contribution in [2.24, 2.45) is 5.92 Å². The third kappa shape index (κ3) is 3.18. The van der Waals surface area contributed by atoms with E-state index in [0.717, 1.165) is 16.9 Å². The maximum Gasteiger partial charge on any atom is 0.228 e. The molecule has 0 radical (unpaired) electrons. The molecule has 2 rings (SSSR count). The van der Waals surface area contributed by atoms with Crippen molar-refractivity contribution in [3.8, 4) is 5.69 Å². The molecule has 0 aliphatic rings. The minimum atomic E-state index is -0.0993. The van der Waals surface area contributed by atoms with Crippen molar-refractivity contribution in [2.75, 3.05) is 18.9 Å². The number of rotatable bonds is 5. The van der Waals surface area contributed by atoms with E-state index in [2.05, 4.69) is 26.2 Å². The smallest absolute Gasteiger partial charge is 0.228 e. The standard InChI is InChI=1S/C13H18N6O/c1-9-4-5-11(16-13(20)10(2)7-14-3)6-12(9)19-8-15-17-18-19/h4-6,8,10,14H,7H2,1-3H3,(H,16,20). The Morgan fingerprint density at radius 3 is 2.90 bits per heavy atom. The predicted molar refractivity (Wildman–Crippen MR) is 75.6 cm³/mol. The van der Waals surface area contributed by atoms with Gasteiger partial charge < -0.3 is 10.6 Å². The van der Waals surface area contributed by atoms with Crippen LogP contribution in [0.15, 0.2) is 24.5 Å². The summed E-state index contributed by atoms with van der Waals surface area (Å²) in [4.78, 5) is 12.0. The number of carbonyl (C=O) groups is 1. The number of anilines is 1. The molecule has 7 heteroatoms. The van der Waals surface area contributed by atoms with Gasteiger partial charge in [-0.3, -0.25) is 4.79 Å². The van der Waals surface area contributed by atoms with Gasteiger partial charge >= 0.3 is 0 Å². The second-order valence-corrected chi connectivity index (χ2v) is 4.70. The Morgan fingerprint density at radius 2 is 2.25 bits per heavy atom. The van der Waals surface area contributed by atoms with Gasteiger partial charge in [0, 0.05) is 18.2 Å². The van der Waals surface area contributed by atoms with E-state index in [4.69, 9.17) is 0 Å². The van der Waals surface area contributed by atoms with Crippen molar-refractivity contribution in [3.05, 3.63) is 30.1 Å². The van der Waals surface area contributed by atoms with Crippen molar-refractivity contribution < 1.29 is 4.79 Å². The minimum Gasteiger partial charge on any atom is -0.326 e. The van der Waals surface area contributed by atoms with Crippen LogP contribution in [-0.4, -0.2) is 39.7 Å². The molecular formula is C13H18N6O. The summed E-state index contributed by atoms with van der Waals surface area (Å²) in [7, 11) is 1.82. The molecule has 7 nitrogen and oxygen atoms in total. The molecular weight excluding hydrogens is 256 g/mol. The fourth-order valence-electron chi connectivity index (χ4n) is 1.87. The topological polar surface area (TPSA) is 84.7 Å². The Bertz CT molecular complexity index is 581. The van der Waals surface area contributed by atoms with E-state index in [-0.39, 0.29) is 11.8 Å². The van der Waals surface area contributed by atoms with Crippen LogP contribution in [-0.2, 0) is 4.79 Å². The van der Waals surface area contributed by atoms with E-state index in [1.54, 1.807) is 4.68 Å². The first-order valence-corrected chi connectivity index (χ1v) is 6.41. The molecule has 0 aliphatic heterocycles. The molecule has 1 amide bonds. The van der Waals surface area contributed by atoms with Crippen LogP contribution >= 0.6 is 0 Å². The van der Waals surface area contributed by atoms with E-state index < -0.39 is 0 Å². The summed E-state index contributed by atoms with van der Waals surface area (Å²) >= 11 is 0. The number of amides is 1. The van der Waals surface area contributed by atoms with E-state index in [1.165, 1.54) is 6.33 Å². The molecule has 0 saturated carbocycles. The molecule has 1 aromatic heterocycles. The lowest BCUT2D eigenvalue weighted by atomic mass is 10.1. The normalized spacial score (nSPS) is 12.2. The number of benzene rings is 1. The molecule has 1 atom stereocenters. The van der Waals surface area contributed by atoms with Crippen LogP contribution < -0.4 is 10.6 Å². The first-order valence-electron chi connectivity index (χ1n) is 6.41. The molecule has 0 aliphatic carbocycles. The first kappa shape index (κ1) is 14.1. The first-order chi connectivity index (χ1) is 9.61. The van der Waals surface area contributed by atoms with Gasteiger partial charge in [-0.05, 0) is 42.1 Å². The molecule has 2 N–H and O–H groups in total. The van der Waals surface area contributed by atoms with E-state index >= 15 is 0 Å². The van der Waals surface area contributed by atoms with Crippen molar-refractivity contribution in [1.29, 1.82) is 0 Å². The quantitative estimate of drug-likeness (QED) is 0.841. The molecule has 0 bridgehead atoms. The number of hydrogen-bond donors (Lipinski definition) is 2. The number of aromatic nitrogens is 4. The second-order valence-electron chi connectivity index (χ2n) is 4.70. The van der Waals surface area contributed by atoms with Gasteiger partial charge in [-0.2, -0.15) is 0 Å². The molecule has 1 unspecified atom stereocenters. The average molecular weight is 274 g/mol. The van der Waals surface area contributed by atoms with Crippen molar-refractivity contribution in [1.82, 2.24) is 25.5 Å². The summed E-state index contributed by atoms with van der Waals surface area (Å²) in [5.74, 6) is -0.122. The monoisotopic (exact) mass is 274 g/mol. The summed E-state index contributed by atoms with van der Waals surface area (Å²) in [5, 5.41) is 17.0. The Hall–Kier alpha value is -2.28. The van der Waals surface area contributed by atoms with Crippen LogP contribution in [0.5, 0.6) is 0 Å². The molecule has 0 saturated heterocycles. The lowest BCUT2D eigenvalue weighted by molar-refractivity contribution is -0.119. The third-order valence-electron chi connectivity index (χ3n) is 3.03. The highest BCUT2D eigenvalue weighted by Crippen LogP contribution is 2.18. The lowest BCUT2D eigenvalue weighted by Gasteiger charge is -2.13. The van der Waals surface area contributed by atoms with Gasteiger partial charge in [0.25, 0.3) is 0 Å². The van der Waals surface area contributed by atoms with E-state index in [1.807, 2.05) is 39.1 Å². The van der Waals surface area contributed by atoms with E-state index in [9.17, 15) is 4.79 Å². The highest BCUT2D eigenvalue weighted by Gasteiger charge is 2.13. The average Bonchev–Trinajstić information content (AvgIpc) is 2.95. The zero-order chi connectivity index (χ0) is 14.5. The van der Waals surface area contributed by atoms with Crippen molar-refractivity contribution in [3.63, 3.8) is 0 Å². The van der Waals surface area contributed by atoms with Gasteiger partial charge in [-0.1, -0.05) is 13.0 Å². The third-order valence-corrected chi connectivity index (χ3v) is 3.03. The lowest BCUT2D eigenvalue weighted by Crippen LogP contribution is -2.28. The number of aryl methyl sites for hydroxylation is 1. The van der Waals surface area contributed by atoms with Crippen LogP contribution in [0, 0.1) is 12.8 Å². The van der Waals surface area contributed by atoms with Crippen LogP contribution in [0.1, 0.15) is 12.5 Å². The molecule has 1 aromatic carbocycles. The van der Waals surface area contributed by atoms with Gasteiger partial charge in [0.15, 0.2) is 0 Å². The largest absolute Gasteiger partial charge is 0.326 e. The van der Waals surface area contributed by atoms with Crippen molar-refractivity contribution >= 4 is 11.6 Å². The van der Waals surface area contributed by atoms with Crippen LogP contribution in [0.4, 0.5) is 5.69 Å². The summed E-state index contributed by atoms with van der Waals surface area (Å²) in [5.41, 5.74) is 2.60. The summed E-state index contributed by atoms with van der Waals surface area (Å²) in [6.45, 7) is 4.48. The summed E-state index contributed by atoms with van der Waals surface area (Å²) < 4.78 is 1.57. The zero-order valence-corrected chi connectivity index (χ0v) is 11.8. The van der Waals surface area contributed by atoms with Gasteiger partial charge in [0.2, 0.25) is 5.91 Å². The SMILES string of the molecule is CNCC(C)C(=O)Nc1ccc(C)c(-n2cnnn2)c1. The Labute approximate surface area is 117 Å². The van der Waals surface area contributed by atoms with Crippen LogP contribution in [0.3, 0.4) is 0 Å². The fourth-order valence-corrected chi connectivity index (χ4v) is 1.87. The Morgan fingerprint density at radius 1 is 1.45 bits per heavy atom. The summed E-state index contributed by atoms with van der Waals surface area (Å²) in [6.07, 6.45) is 1.53. The number of tetrazole rings is 1.